The van der Waals surface area contributed by atoms with Crippen molar-refractivity contribution < 1.29 is 4.39 Å². The average molecular weight is 316 g/mol. The Balaban J connectivity index is 2.18. The molecule has 6 heteroatoms. The summed E-state index contributed by atoms with van der Waals surface area (Å²) in [4.78, 5) is 0.949. The summed E-state index contributed by atoms with van der Waals surface area (Å²) in [5, 5.41) is 3.92. The highest BCUT2D eigenvalue weighted by Gasteiger charge is 2.14. The largest absolute Gasteiger partial charge is 0.323 e. The molecule has 0 radical (unpaired) electrons. The highest BCUT2D eigenvalue weighted by atomic mass is 79.9. The number of nitrogens with two attached hydrogens (primary N) is 1. The maximum atomic E-state index is 13.2. The lowest BCUT2D eigenvalue weighted by molar-refractivity contribution is 0.621. The van der Waals surface area contributed by atoms with Crippen LogP contribution in [0.1, 0.15) is 22.2 Å². The van der Waals surface area contributed by atoms with Crippen molar-refractivity contribution in [1.82, 2.24) is 9.59 Å². The first-order valence-electron chi connectivity index (χ1n) is 5.05. The molecule has 1 heterocycles. The van der Waals surface area contributed by atoms with Crippen molar-refractivity contribution in [3.8, 4) is 0 Å². The molecule has 1 aromatic carbocycles. The average Bonchev–Trinajstić information content (AvgIpc) is 2.62. The summed E-state index contributed by atoms with van der Waals surface area (Å²) in [5.74, 6) is -0.263. The molecule has 1 atom stereocenters. The van der Waals surface area contributed by atoms with Crippen LogP contribution in [0, 0.1) is 12.7 Å². The molecular weight excluding hydrogens is 305 g/mol. The van der Waals surface area contributed by atoms with Crippen LogP contribution in [-0.2, 0) is 6.42 Å². The Morgan fingerprint density at radius 3 is 2.82 bits per heavy atom. The first-order chi connectivity index (χ1) is 8.06. The van der Waals surface area contributed by atoms with E-state index in [0.29, 0.717) is 6.42 Å². The van der Waals surface area contributed by atoms with Crippen LogP contribution >= 0.6 is 27.5 Å². The van der Waals surface area contributed by atoms with E-state index in [2.05, 4.69) is 25.5 Å². The standard InChI is InChI=1S/C11H11BrFN3S/c1-6-11(17-16-15-6)10(14)4-7-2-8(12)5-9(13)3-7/h2-3,5,10H,4,14H2,1H3. The van der Waals surface area contributed by atoms with Crippen molar-refractivity contribution in [2.75, 3.05) is 0 Å². The Morgan fingerprint density at radius 2 is 2.24 bits per heavy atom. The van der Waals surface area contributed by atoms with E-state index in [1.807, 2.05) is 13.0 Å². The molecule has 0 aliphatic rings. The van der Waals surface area contributed by atoms with Crippen LogP contribution in [0.25, 0.3) is 0 Å². The van der Waals surface area contributed by atoms with E-state index >= 15 is 0 Å². The van der Waals surface area contributed by atoms with Crippen LogP contribution < -0.4 is 5.73 Å². The first-order valence-corrected chi connectivity index (χ1v) is 6.62. The zero-order valence-electron chi connectivity index (χ0n) is 9.15. The number of benzene rings is 1. The Bertz CT molecular complexity index is 509. The third-order valence-electron chi connectivity index (χ3n) is 2.40. The molecule has 0 saturated carbocycles. The van der Waals surface area contributed by atoms with Crippen LogP contribution in [0.15, 0.2) is 22.7 Å². The van der Waals surface area contributed by atoms with Gasteiger partial charge in [-0.3, -0.25) is 0 Å². The minimum absolute atomic E-state index is 0.191. The zero-order valence-corrected chi connectivity index (χ0v) is 11.6. The van der Waals surface area contributed by atoms with E-state index in [-0.39, 0.29) is 11.9 Å². The highest BCUT2D eigenvalue weighted by molar-refractivity contribution is 9.10. The minimum Gasteiger partial charge on any atom is -0.323 e. The predicted molar refractivity (Wildman–Crippen MR) is 69.4 cm³/mol. The van der Waals surface area contributed by atoms with Gasteiger partial charge in [-0.25, -0.2) is 4.39 Å². The lowest BCUT2D eigenvalue weighted by Crippen LogP contribution is -2.13. The van der Waals surface area contributed by atoms with Crippen LogP contribution in [0.3, 0.4) is 0 Å². The predicted octanol–water partition coefficient (Wildman–Crippen LogP) is 2.99. The quantitative estimate of drug-likeness (QED) is 0.947. The summed E-state index contributed by atoms with van der Waals surface area (Å²) in [6.07, 6.45) is 0.571. The van der Waals surface area contributed by atoms with Gasteiger partial charge in [-0.15, -0.1) is 5.10 Å². The third-order valence-corrected chi connectivity index (χ3v) is 3.82. The van der Waals surface area contributed by atoms with Crippen LogP contribution in [-0.4, -0.2) is 9.59 Å². The van der Waals surface area contributed by atoms with Gasteiger partial charge in [0.2, 0.25) is 0 Å². The zero-order chi connectivity index (χ0) is 12.4. The molecular formula is C11H11BrFN3S. The smallest absolute Gasteiger partial charge is 0.124 e. The van der Waals surface area contributed by atoms with Crippen LogP contribution in [0.2, 0.25) is 0 Å². The van der Waals surface area contributed by atoms with Gasteiger partial charge in [-0.1, -0.05) is 20.4 Å². The maximum Gasteiger partial charge on any atom is 0.124 e. The summed E-state index contributed by atoms with van der Waals surface area (Å²) in [6.45, 7) is 1.88. The molecule has 0 fully saturated rings. The number of aryl methyl sites for hydroxylation is 1. The second-order valence-corrected chi connectivity index (χ2v) is 5.51. The Morgan fingerprint density at radius 1 is 1.47 bits per heavy atom. The number of rotatable bonds is 3. The van der Waals surface area contributed by atoms with Gasteiger partial charge in [0, 0.05) is 10.5 Å². The van der Waals surface area contributed by atoms with E-state index in [4.69, 9.17) is 5.73 Å². The van der Waals surface area contributed by atoms with Crippen LogP contribution in [0.4, 0.5) is 4.39 Å². The van der Waals surface area contributed by atoms with E-state index in [0.717, 1.165) is 20.6 Å². The molecule has 0 bridgehead atoms. The molecule has 1 unspecified atom stereocenters. The Hall–Kier alpha value is -0.850. The fraction of sp³-hybridized carbons (Fsp3) is 0.273. The minimum atomic E-state index is -0.263. The molecule has 0 spiro atoms. The summed E-state index contributed by atoms with van der Waals surface area (Å²) in [7, 11) is 0. The van der Waals surface area contributed by atoms with Crippen molar-refractivity contribution in [3.63, 3.8) is 0 Å². The molecule has 2 aromatic rings. The molecule has 3 nitrogen and oxygen atoms in total. The molecule has 0 saturated heterocycles. The number of nitrogens with zero attached hydrogens (tertiary/aromatic N) is 2. The van der Waals surface area contributed by atoms with Gasteiger partial charge in [0.15, 0.2) is 0 Å². The first kappa shape index (κ1) is 12.6. The molecule has 17 heavy (non-hydrogen) atoms. The molecule has 90 valence electrons. The highest BCUT2D eigenvalue weighted by Crippen LogP contribution is 2.23. The Labute approximate surface area is 111 Å². The summed E-state index contributed by atoms with van der Waals surface area (Å²) < 4.78 is 17.8. The SMILES string of the molecule is Cc1nnsc1C(N)Cc1cc(F)cc(Br)c1. The Kier molecular flexibility index (Phi) is 3.86. The van der Waals surface area contributed by atoms with Gasteiger partial charge in [-0.2, -0.15) is 0 Å². The van der Waals surface area contributed by atoms with E-state index < -0.39 is 0 Å². The topological polar surface area (TPSA) is 51.8 Å². The summed E-state index contributed by atoms with van der Waals surface area (Å²) >= 11 is 4.56. The normalized spacial score (nSPS) is 12.7. The van der Waals surface area contributed by atoms with Gasteiger partial charge in [-0.05, 0) is 48.6 Å². The fourth-order valence-electron chi connectivity index (χ4n) is 1.65. The molecule has 0 aliphatic carbocycles. The maximum absolute atomic E-state index is 13.2. The van der Waals surface area contributed by atoms with Crippen molar-refractivity contribution >= 4 is 27.5 Å². The van der Waals surface area contributed by atoms with E-state index in [1.165, 1.54) is 23.7 Å². The third kappa shape index (κ3) is 3.08. The molecule has 1 aromatic heterocycles. The monoisotopic (exact) mass is 315 g/mol. The molecule has 2 N–H and O–H groups in total. The van der Waals surface area contributed by atoms with Gasteiger partial charge in [0.1, 0.15) is 5.82 Å². The number of aromatic nitrogens is 2. The van der Waals surface area contributed by atoms with Gasteiger partial charge in [0.25, 0.3) is 0 Å². The summed E-state index contributed by atoms with van der Waals surface area (Å²) in [5.41, 5.74) is 7.77. The summed E-state index contributed by atoms with van der Waals surface area (Å²) in [6, 6.07) is 4.60. The van der Waals surface area contributed by atoms with Crippen molar-refractivity contribution in [3.05, 3.63) is 44.6 Å². The fourth-order valence-corrected chi connectivity index (χ4v) is 2.81. The number of halogens is 2. The molecule has 2 rings (SSSR count). The second kappa shape index (κ2) is 5.20. The van der Waals surface area contributed by atoms with E-state index in [9.17, 15) is 4.39 Å². The molecule has 0 aliphatic heterocycles. The van der Waals surface area contributed by atoms with Gasteiger partial charge >= 0.3 is 0 Å². The van der Waals surface area contributed by atoms with Crippen LogP contribution in [0.5, 0.6) is 0 Å². The second-order valence-electron chi connectivity index (χ2n) is 3.81. The van der Waals surface area contributed by atoms with Crippen molar-refractivity contribution in [1.29, 1.82) is 0 Å². The van der Waals surface area contributed by atoms with Gasteiger partial charge in [0.05, 0.1) is 10.6 Å². The number of hydrogen-bond acceptors (Lipinski definition) is 4. The van der Waals surface area contributed by atoms with Crippen molar-refractivity contribution in [2.24, 2.45) is 5.73 Å². The lowest BCUT2D eigenvalue weighted by Gasteiger charge is -2.10. The van der Waals surface area contributed by atoms with Gasteiger partial charge < -0.3 is 5.73 Å². The lowest BCUT2D eigenvalue weighted by atomic mass is 10.0. The van der Waals surface area contributed by atoms with E-state index in [1.54, 1.807) is 0 Å². The van der Waals surface area contributed by atoms with Crippen molar-refractivity contribution in [2.45, 2.75) is 19.4 Å². The number of hydrogen-bond donors (Lipinski definition) is 1. The molecule has 0 amide bonds.